The third-order valence-corrected chi connectivity index (χ3v) is 3.92. The van der Waals surface area contributed by atoms with E-state index in [1.54, 1.807) is 7.05 Å². The largest absolute Gasteiger partial charge is 0.382 e. The number of carbonyl (C=O) groups is 1. The summed E-state index contributed by atoms with van der Waals surface area (Å²) in [6.07, 6.45) is 0.141. The van der Waals surface area contributed by atoms with Crippen molar-refractivity contribution >= 4 is 28.3 Å². The molecule has 1 aliphatic rings. The number of amides is 1. The molecular formula is C11H18N4O2S. The highest BCUT2D eigenvalue weighted by molar-refractivity contribution is 7.11. The van der Waals surface area contributed by atoms with Crippen molar-refractivity contribution < 1.29 is 9.53 Å². The van der Waals surface area contributed by atoms with E-state index >= 15 is 0 Å². The molecular weight excluding hydrogens is 252 g/mol. The summed E-state index contributed by atoms with van der Waals surface area (Å²) in [5.74, 6) is 0.100. The predicted molar refractivity (Wildman–Crippen MR) is 72.1 cm³/mol. The van der Waals surface area contributed by atoms with Gasteiger partial charge in [0.25, 0.3) is 5.91 Å². The number of rotatable bonds is 2. The van der Waals surface area contributed by atoms with Crippen LogP contribution >= 0.6 is 11.5 Å². The van der Waals surface area contributed by atoms with Gasteiger partial charge in [-0.25, -0.2) is 0 Å². The Morgan fingerprint density at radius 2 is 2.33 bits per heavy atom. The van der Waals surface area contributed by atoms with Gasteiger partial charge < -0.3 is 20.7 Å². The van der Waals surface area contributed by atoms with E-state index in [0.717, 1.165) is 11.5 Å². The average molecular weight is 270 g/mol. The molecule has 1 aromatic rings. The molecule has 2 rings (SSSR count). The molecule has 2 atom stereocenters. The van der Waals surface area contributed by atoms with Crippen molar-refractivity contribution in [3.63, 3.8) is 0 Å². The zero-order chi connectivity index (χ0) is 13.3. The van der Waals surface area contributed by atoms with E-state index in [0.29, 0.717) is 18.0 Å². The molecule has 6 nitrogen and oxygen atoms in total. The van der Waals surface area contributed by atoms with Crippen molar-refractivity contribution in [2.75, 3.05) is 30.8 Å². The molecule has 1 amide bonds. The number of anilines is 2. The minimum absolute atomic E-state index is 0.141. The normalized spacial score (nSPS) is 24.1. The van der Waals surface area contributed by atoms with E-state index in [-0.39, 0.29) is 18.1 Å². The van der Waals surface area contributed by atoms with Gasteiger partial charge in [0, 0.05) is 13.6 Å². The van der Waals surface area contributed by atoms with Gasteiger partial charge in [-0.05, 0) is 25.4 Å². The van der Waals surface area contributed by atoms with Gasteiger partial charge in [-0.3, -0.25) is 4.79 Å². The second-order valence-corrected chi connectivity index (χ2v) is 5.22. The number of morpholine rings is 1. The Morgan fingerprint density at radius 1 is 1.61 bits per heavy atom. The maximum atomic E-state index is 11.9. The molecule has 1 aliphatic heterocycles. The Bertz CT molecular complexity index is 448. The van der Waals surface area contributed by atoms with Gasteiger partial charge in [-0.2, -0.15) is 4.37 Å². The number of nitrogens with zero attached hydrogens (tertiary/aromatic N) is 2. The number of hydrogen-bond acceptors (Lipinski definition) is 6. The molecule has 7 heteroatoms. The molecule has 0 aliphatic carbocycles. The molecule has 1 fully saturated rings. The molecule has 1 saturated heterocycles. The van der Waals surface area contributed by atoms with Gasteiger partial charge in [0.2, 0.25) is 0 Å². The van der Waals surface area contributed by atoms with Crippen molar-refractivity contribution in [1.29, 1.82) is 0 Å². The van der Waals surface area contributed by atoms with Gasteiger partial charge in [0.1, 0.15) is 10.6 Å². The van der Waals surface area contributed by atoms with Crippen molar-refractivity contribution in [2.24, 2.45) is 0 Å². The summed E-state index contributed by atoms with van der Waals surface area (Å²) in [5, 5.41) is 3.43. The van der Waals surface area contributed by atoms with Gasteiger partial charge in [-0.15, -0.1) is 0 Å². The van der Waals surface area contributed by atoms with Crippen LogP contribution in [0.5, 0.6) is 0 Å². The zero-order valence-electron chi connectivity index (χ0n) is 10.8. The van der Waals surface area contributed by atoms with Crippen LogP contribution in [0.1, 0.15) is 24.2 Å². The third kappa shape index (κ3) is 2.28. The van der Waals surface area contributed by atoms with Crippen LogP contribution in [0.2, 0.25) is 0 Å². The number of nitrogen functional groups attached to an aromatic ring is 1. The lowest BCUT2D eigenvalue weighted by molar-refractivity contribution is 0.0346. The van der Waals surface area contributed by atoms with Crippen LogP contribution in [-0.4, -0.2) is 42.6 Å². The lowest BCUT2D eigenvalue weighted by atomic mass is 10.2. The Labute approximate surface area is 110 Å². The van der Waals surface area contributed by atoms with Gasteiger partial charge >= 0.3 is 0 Å². The maximum absolute atomic E-state index is 11.9. The molecule has 2 unspecified atom stereocenters. The fourth-order valence-corrected chi connectivity index (χ4v) is 2.94. The number of nitrogens with two attached hydrogens (primary N) is 1. The van der Waals surface area contributed by atoms with E-state index < -0.39 is 0 Å². The number of hydrogen-bond donors (Lipinski definition) is 2. The standard InChI is InChI=1S/C11H18N4O2S/c1-6-5-17-7(2)4-15(6)11-8(10(16)13-3)9(12)14-18-11/h6-7H,4-5H2,1-3H3,(H2,12,14)(H,13,16). The highest BCUT2D eigenvalue weighted by Gasteiger charge is 2.30. The molecule has 0 bridgehead atoms. The summed E-state index contributed by atoms with van der Waals surface area (Å²) in [7, 11) is 1.59. The summed E-state index contributed by atoms with van der Waals surface area (Å²) >= 11 is 1.27. The minimum Gasteiger partial charge on any atom is -0.382 e. The average Bonchev–Trinajstić information content (AvgIpc) is 2.73. The molecule has 3 N–H and O–H groups in total. The Kier molecular flexibility index (Phi) is 3.72. The van der Waals surface area contributed by atoms with E-state index in [2.05, 4.69) is 21.5 Å². The van der Waals surface area contributed by atoms with E-state index in [9.17, 15) is 4.79 Å². The van der Waals surface area contributed by atoms with Gasteiger partial charge in [-0.1, -0.05) is 0 Å². The summed E-state index contributed by atoms with van der Waals surface area (Å²) in [5.41, 5.74) is 6.26. The first-order chi connectivity index (χ1) is 8.54. The van der Waals surface area contributed by atoms with Crippen molar-refractivity contribution in [2.45, 2.75) is 26.0 Å². The van der Waals surface area contributed by atoms with E-state index in [4.69, 9.17) is 10.5 Å². The number of carbonyl (C=O) groups excluding carboxylic acids is 1. The monoisotopic (exact) mass is 270 g/mol. The molecule has 2 heterocycles. The lowest BCUT2D eigenvalue weighted by Gasteiger charge is -2.37. The first kappa shape index (κ1) is 13.1. The van der Waals surface area contributed by atoms with E-state index in [1.165, 1.54) is 11.5 Å². The molecule has 0 saturated carbocycles. The van der Waals surface area contributed by atoms with Crippen LogP contribution in [-0.2, 0) is 4.74 Å². The Morgan fingerprint density at radius 3 is 3.00 bits per heavy atom. The molecule has 0 spiro atoms. The van der Waals surface area contributed by atoms with Crippen LogP contribution in [0.4, 0.5) is 10.8 Å². The number of nitrogens with one attached hydrogen (secondary N) is 1. The summed E-state index contributed by atoms with van der Waals surface area (Å²) in [6.45, 7) is 5.47. The number of aromatic nitrogens is 1. The van der Waals surface area contributed by atoms with Crippen LogP contribution in [0.15, 0.2) is 0 Å². The van der Waals surface area contributed by atoms with Crippen molar-refractivity contribution in [3.05, 3.63) is 5.56 Å². The molecule has 0 radical (unpaired) electrons. The first-order valence-corrected chi connectivity index (χ1v) is 6.67. The van der Waals surface area contributed by atoms with Crippen LogP contribution in [0, 0.1) is 0 Å². The summed E-state index contributed by atoms with van der Waals surface area (Å²) in [4.78, 5) is 14.0. The molecule has 1 aromatic heterocycles. The quantitative estimate of drug-likeness (QED) is 0.827. The first-order valence-electron chi connectivity index (χ1n) is 5.90. The Hall–Kier alpha value is -1.34. The van der Waals surface area contributed by atoms with Crippen molar-refractivity contribution in [3.8, 4) is 0 Å². The highest BCUT2D eigenvalue weighted by Crippen LogP contribution is 2.33. The van der Waals surface area contributed by atoms with Crippen LogP contribution < -0.4 is 16.0 Å². The molecule has 18 heavy (non-hydrogen) atoms. The SMILES string of the molecule is CNC(=O)c1c(N)nsc1N1CC(C)OCC1C. The third-order valence-electron chi connectivity index (χ3n) is 3.02. The Balaban J connectivity index is 2.35. The van der Waals surface area contributed by atoms with Gasteiger partial charge in [0.15, 0.2) is 5.82 Å². The second-order valence-electron chi connectivity index (χ2n) is 4.47. The summed E-state index contributed by atoms with van der Waals surface area (Å²) < 4.78 is 9.68. The van der Waals surface area contributed by atoms with Crippen LogP contribution in [0.25, 0.3) is 0 Å². The minimum atomic E-state index is -0.192. The topological polar surface area (TPSA) is 80.5 Å². The highest BCUT2D eigenvalue weighted by atomic mass is 32.1. The number of ether oxygens (including phenoxy) is 1. The zero-order valence-corrected chi connectivity index (χ0v) is 11.6. The second kappa shape index (κ2) is 5.11. The maximum Gasteiger partial charge on any atom is 0.257 e. The van der Waals surface area contributed by atoms with Crippen LogP contribution in [0.3, 0.4) is 0 Å². The molecule has 100 valence electrons. The fraction of sp³-hybridized carbons (Fsp3) is 0.636. The smallest absolute Gasteiger partial charge is 0.257 e. The lowest BCUT2D eigenvalue weighted by Crippen LogP contribution is -2.47. The predicted octanol–water partition coefficient (Wildman–Crippen LogP) is 0.698. The van der Waals surface area contributed by atoms with Crippen molar-refractivity contribution in [1.82, 2.24) is 9.69 Å². The fourth-order valence-electron chi connectivity index (χ4n) is 2.01. The van der Waals surface area contributed by atoms with Gasteiger partial charge in [0.05, 0.1) is 18.8 Å². The summed E-state index contributed by atoms with van der Waals surface area (Å²) in [6, 6.07) is 0.212. The molecule has 0 aromatic carbocycles. The van der Waals surface area contributed by atoms with E-state index in [1.807, 2.05) is 6.92 Å².